The number of nitrogens with zero attached hydrogens (tertiary/aromatic N) is 3. The molecule has 0 radical (unpaired) electrons. The third-order valence-corrected chi connectivity index (χ3v) is 8.06. The molecular formula is C24H17N3OS2. The lowest BCUT2D eigenvalue weighted by Crippen LogP contribution is -2.03. The van der Waals surface area contributed by atoms with Gasteiger partial charge < -0.3 is 0 Å². The predicted molar refractivity (Wildman–Crippen MR) is 120 cm³/mol. The highest BCUT2D eigenvalue weighted by Gasteiger charge is 2.32. The Bertz CT molecular complexity index is 1270. The van der Waals surface area contributed by atoms with Crippen molar-refractivity contribution in [1.82, 2.24) is 4.98 Å². The number of thiazole rings is 1. The Morgan fingerprint density at radius 3 is 2.50 bits per heavy atom. The van der Waals surface area contributed by atoms with E-state index in [0.717, 1.165) is 14.4 Å². The predicted octanol–water partition coefficient (Wildman–Crippen LogP) is 6.49. The molecule has 30 heavy (non-hydrogen) atoms. The second-order valence-electron chi connectivity index (χ2n) is 7.61. The molecule has 2 aliphatic rings. The van der Waals surface area contributed by atoms with E-state index >= 15 is 0 Å². The fraction of sp³-hybridized carbons (Fsp3) is 0.250. The Kier molecular flexibility index (Phi) is 4.83. The van der Waals surface area contributed by atoms with Crippen LogP contribution in [0.25, 0.3) is 21.2 Å². The van der Waals surface area contributed by atoms with Crippen molar-refractivity contribution in [3.8, 4) is 12.1 Å². The quantitative estimate of drug-likeness (QED) is 0.346. The Hall–Kier alpha value is -3.06. The monoisotopic (exact) mass is 427 g/mol. The molecule has 4 nitrogen and oxygen atoms in total. The summed E-state index contributed by atoms with van der Waals surface area (Å²) >= 11 is 3.32. The zero-order chi connectivity index (χ0) is 20.7. The van der Waals surface area contributed by atoms with E-state index in [4.69, 9.17) is 4.98 Å². The molecule has 0 bridgehead atoms. The lowest BCUT2D eigenvalue weighted by atomic mass is 9.90. The van der Waals surface area contributed by atoms with Crippen LogP contribution in [0.4, 0.5) is 0 Å². The number of nitriles is 2. The van der Waals surface area contributed by atoms with Crippen LogP contribution in [-0.2, 0) is 0 Å². The fourth-order valence-electron chi connectivity index (χ4n) is 4.35. The molecule has 2 heterocycles. The lowest BCUT2D eigenvalue weighted by Gasteiger charge is -2.18. The van der Waals surface area contributed by atoms with Crippen LogP contribution in [0.3, 0.4) is 0 Å². The van der Waals surface area contributed by atoms with Crippen LogP contribution in [0, 0.1) is 22.7 Å². The summed E-state index contributed by atoms with van der Waals surface area (Å²) in [5, 5.41) is 20.1. The minimum Gasteiger partial charge on any atom is -0.289 e. The van der Waals surface area contributed by atoms with Crippen molar-refractivity contribution in [2.45, 2.75) is 38.0 Å². The largest absolute Gasteiger partial charge is 0.289 e. The number of Topliss-reactive ketones (excluding diaryl/α,β-unsaturated/α-hetero) is 1. The average molecular weight is 428 g/mol. The van der Waals surface area contributed by atoms with Crippen LogP contribution >= 0.6 is 22.7 Å². The van der Waals surface area contributed by atoms with Gasteiger partial charge in [-0.15, -0.1) is 22.7 Å². The molecule has 3 aromatic rings. The van der Waals surface area contributed by atoms with Crippen molar-refractivity contribution < 1.29 is 4.79 Å². The first-order valence-electron chi connectivity index (χ1n) is 10.0. The van der Waals surface area contributed by atoms with Gasteiger partial charge in [0.15, 0.2) is 5.78 Å². The molecule has 0 unspecified atom stereocenters. The molecule has 0 saturated heterocycles. The van der Waals surface area contributed by atoms with Crippen LogP contribution in [-0.4, -0.2) is 10.8 Å². The molecule has 1 fully saturated rings. The molecule has 0 amide bonds. The summed E-state index contributed by atoms with van der Waals surface area (Å²) in [6, 6.07) is 13.1. The highest BCUT2D eigenvalue weighted by Crippen LogP contribution is 2.42. The normalized spacial score (nSPS) is 17.9. The first-order chi connectivity index (χ1) is 14.7. The number of aromatic nitrogens is 1. The summed E-state index contributed by atoms with van der Waals surface area (Å²) in [7, 11) is 0. The first-order valence-corrected chi connectivity index (χ1v) is 11.6. The lowest BCUT2D eigenvalue weighted by molar-refractivity contribution is 0.104. The maximum atomic E-state index is 13.0. The van der Waals surface area contributed by atoms with E-state index in [0.29, 0.717) is 28.2 Å². The van der Waals surface area contributed by atoms with Gasteiger partial charge in [0.05, 0.1) is 9.71 Å². The Balaban J connectivity index is 1.56. The van der Waals surface area contributed by atoms with Gasteiger partial charge in [0, 0.05) is 27.5 Å². The number of hydrogen-bond donors (Lipinski definition) is 0. The summed E-state index contributed by atoms with van der Waals surface area (Å²) in [5.41, 5.74) is 2.01. The number of allylic oxidation sites excluding steroid dienone is 3. The Morgan fingerprint density at radius 2 is 1.80 bits per heavy atom. The van der Waals surface area contributed by atoms with Gasteiger partial charge in [0.2, 0.25) is 0 Å². The summed E-state index contributed by atoms with van der Waals surface area (Å²) in [6.45, 7) is 0. The van der Waals surface area contributed by atoms with Gasteiger partial charge in [-0.05, 0) is 30.5 Å². The number of fused-ring (bicyclic) bond motifs is 2. The number of benzene rings is 1. The van der Waals surface area contributed by atoms with E-state index in [2.05, 4.69) is 6.07 Å². The van der Waals surface area contributed by atoms with E-state index in [1.165, 1.54) is 37.1 Å². The summed E-state index contributed by atoms with van der Waals surface area (Å²) < 4.78 is 1.14. The van der Waals surface area contributed by atoms with E-state index in [1.54, 1.807) is 40.9 Å². The molecule has 6 heteroatoms. The van der Waals surface area contributed by atoms with E-state index < -0.39 is 0 Å². The van der Waals surface area contributed by atoms with Gasteiger partial charge in [0.1, 0.15) is 22.5 Å². The molecule has 0 aliphatic heterocycles. The molecule has 0 N–H and O–H groups in total. The SMILES string of the molecule is N#CC(C#N)=C1/C(=C/c2cc3sc(C4CCCCC4)nc3s2)C(=O)c2ccccc21. The average Bonchev–Trinajstić information content (AvgIpc) is 3.42. The number of ketones is 1. The maximum Gasteiger partial charge on any atom is 0.194 e. The van der Waals surface area contributed by atoms with Gasteiger partial charge in [0.25, 0.3) is 0 Å². The summed E-state index contributed by atoms with van der Waals surface area (Å²) in [5.74, 6) is 0.440. The van der Waals surface area contributed by atoms with Crippen molar-refractivity contribution in [3.63, 3.8) is 0 Å². The number of rotatable bonds is 2. The Morgan fingerprint density at radius 1 is 1.07 bits per heavy atom. The Labute approximate surface area is 182 Å². The van der Waals surface area contributed by atoms with Crippen molar-refractivity contribution in [1.29, 1.82) is 10.5 Å². The molecule has 2 aliphatic carbocycles. The van der Waals surface area contributed by atoms with Crippen molar-refractivity contribution >= 4 is 49.6 Å². The zero-order valence-electron chi connectivity index (χ0n) is 16.1. The number of hydrogen-bond acceptors (Lipinski definition) is 6. The van der Waals surface area contributed by atoms with Crippen LogP contribution in [0.15, 0.2) is 41.5 Å². The molecule has 2 aromatic heterocycles. The summed E-state index contributed by atoms with van der Waals surface area (Å²) in [4.78, 5) is 19.8. The second-order valence-corrected chi connectivity index (χ2v) is 9.74. The van der Waals surface area contributed by atoms with Gasteiger partial charge in [-0.3, -0.25) is 4.79 Å². The van der Waals surface area contributed by atoms with Gasteiger partial charge in [-0.1, -0.05) is 43.5 Å². The molecule has 1 saturated carbocycles. The number of carbonyl (C=O) groups is 1. The first kappa shape index (κ1) is 18.9. The minimum absolute atomic E-state index is 0.0318. The highest BCUT2D eigenvalue weighted by atomic mass is 32.1. The van der Waals surface area contributed by atoms with Crippen LogP contribution < -0.4 is 0 Å². The van der Waals surface area contributed by atoms with E-state index in [9.17, 15) is 15.3 Å². The fourth-order valence-corrected chi connectivity index (χ4v) is 6.70. The third-order valence-electron chi connectivity index (χ3n) is 5.79. The molecule has 5 rings (SSSR count). The number of carbonyl (C=O) groups excluding carboxylic acids is 1. The van der Waals surface area contributed by atoms with E-state index in [-0.39, 0.29) is 11.4 Å². The van der Waals surface area contributed by atoms with Crippen molar-refractivity contribution in [2.24, 2.45) is 0 Å². The maximum absolute atomic E-state index is 13.0. The van der Waals surface area contributed by atoms with Crippen LogP contribution in [0.2, 0.25) is 0 Å². The summed E-state index contributed by atoms with van der Waals surface area (Å²) in [6.07, 6.45) is 8.16. The standard InChI is InChI=1S/C24H17N3OS2/c25-12-15(13-26)21-17-8-4-5-9-18(17)22(28)19(21)10-16-11-20-24(29-16)27-23(30-20)14-6-2-1-3-7-14/h4-5,8-11,14H,1-3,6-7H2/b19-10-. The zero-order valence-corrected chi connectivity index (χ0v) is 17.8. The van der Waals surface area contributed by atoms with E-state index in [1.807, 2.05) is 24.3 Å². The molecular weight excluding hydrogens is 410 g/mol. The third kappa shape index (κ3) is 3.10. The van der Waals surface area contributed by atoms with Gasteiger partial charge >= 0.3 is 0 Å². The molecule has 0 atom stereocenters. The minimum atomic E-state index is -0.142. The van der Waals surface area contributed by atoms with Crippen molar-refractivity contribution in [2.75, 3.05) is 0 Å². The number of thiophene rings is 1. The van der Waals surface area contributed by atoms with Crippen LogP contribution in [0.1, 0.15) is 63.8 Å². The van der Waals surface area contributed by atoms with Crippen LogP contribution in [0.5, 0.6) is 0 Å². The molecule has 146 valence electrons. The molecule has 0 spiro atoms. The van der Waals surface area contributed by atoms with Gasteiger partial charge in [-0.25, -0.2) is 4.98 Å². The second kappa shape index (κ2) is 7.65. The smallest absolute Gasteiger partial charge is 0.194 e. The molecule has 1 aromatic carbocycles. The van der Waals surface area contributed by atoms with Gasteiger partial charge in [-0.2, -0.15) is 10.5 Å². The highest BCUT2D eigenvalue weighted by molar-refractivity contribution is 7.27. The topological polar surface area (TPSA) is 77.5 Å². The van der Waals surface area contributed by atoms with Crippen molar-refractivity contribution in [3.05, 3.63) is 62.5 Å².